The zero-order valence-corrected chi connectivity index (χ0v) is 19.6. The lowest BCUT2D eigenvalue weighted by Gasteiger charge is -2.23. The Bertz CT molecular complexity index is 1130. The van der Waals surface area contributed by atoms with Crippen LogP contribution in [0, 0.1) is 0 Å². The van der Waals surface area contributed by atoms with Gasteiger partial charge in [-0.3, -0.25) is 9.59 Å². The van der Waals surface area contributed by atoms with E-state index in [0.717, 1.165) is 18.4 Å². The van der Waals surface area contributed by atoms with E-state index < -0.39 is 10.0 Å². The number of anilines is 2. The third-order valence-electron chi connectivity index (χ3n) is 5.93. The first-order valence-corrected chi connectivity index (χ1v) is 12.8. The number of ether oxygens (including phenoxy) is 1. The molecule has 2 amide bonds. The van der Waals surface area contributed by atoms with Crippen molar-refractivity contribution in [3.8, 4) is 5.75 Å². The van der Waals surface area contributed by atoms with Crippen LogP contribution in [-0.4, -0.2) is 50.8 Å². The van der Waals surface area contributed by atoms with Crippen LogP contribution in [0.2, 0.25) is 0 Å². The molecule has 8 nitrogen and oxygen atoms in total. The van der Waals surface area contributed by atoms with Crippen LogP contribution in [0.4, 0.5) is 11.4 Å². The number of rotatable bonds is 7. The van der Waals surface area contributed by atoms with Gasteiger partial charge in [-0.1, -0.05) is 0 Å². The summed E-state index contributed by atoms with van der Waals surface area (Å²) in [5.74, 6) is 0.242. The van der Waals surface area contributed by atoms with Crippen molar-refractivity contribution < 1.29 is 22.7 Å². The fraction of sp³-hybridized carbons (Fsp3) is 0.417. The minimum absolute atomic E-state index is 0.142. The van der Waals surface area contributed by atoms with Gasteiger partial charge >= 0.3 is 0 Å². The standard InChI is InChI=1S/C24H29N3O5S/c1-2-32-20-10-8-19(9-11-20)25-23(28)17-27-22-13-12-21(16-18(22)6-5-7-24(27)29)33(30,31)26-14-3-4-15-26/h8-13,16H,2-7,14-15,17H2,1H3,(H,25,28). The lowest BCUT2D eigenvalue weighted by Crippen LogP contribution is -2.37. The molecule has 0 unspecified atom stereocenters. The Balaban J connectivity index is 1.53. The topological polar surface area (TPSA) is 96.0 Å². The Morgan fingerprint density at radius 2 is 1.76 bits per heavy atom. The number of hydrogen-bond acceptors (Lipinski definition) is 5. The normalized spacial score (nSPS) is 16.9. The Morgan fingerprint density at radius 1 is 1.03 bits per heavy atom. The number of sulfonamides is 1. The van der Waals surface area contributed by atoms with Crippen LogP contribution < -0.4 is 15.0 Å². The molecule has 2 aromatic carbocycles. The maximum atomic E-state index is 13.0. The van der Waals surface area contributed by atoms with E-state index in [-0.39, 0.29) is 23.3 Å². The summed E-state index contributed by atoms with van der Waals surface area (Å²) in [6, 6.07) is 11.9. The van der Waals surface area contributed by atoms with Gasteiger partial charge in [-0.25, -0.2) is 8.42 Å². The highest BCUT2D eigenvalue weighted by atomic mass is 32.2. The summed E-state index contributed by atoms with van der Waals surface area (Å²) < 4.78 is 32.9. The molecule has 2 heterocycles. The average Bonchev–Trinajstić information content (AvgIpc) is 3.30. The summed E-state index contributed by atoms with van der Waals surface area (Å²) in [6.07, 6.45) is 3.24. The number of nitrogens with one attached hydrogen (secondary N) is 1. The lowest BCUT2D eigenvalue weighted by molar-refractivity contribution is -0.121. The summed E-state index contributed by atoms with van der Waals surface area (Å²) in [5.41, 5.74) is 1.98. The first-order valence-electron chi connectivity index (χ1n) is 11.3. The molecule has 0 radical (unpaired) electrons. The Kier molecular flexibility index (Phi) is 6.99. The third kappa shape index (κ3) is 5.20. The van der Waals surface area contributed by atoms with Crippen LogP contribution in [0.15, 0.2) is 47.4 Å². The van der Waals surface area contributed by atoms with Crippen LogP contribution >= 0.6 is 0 Å². The molecule has 2 aliphatic rings. The fourth-order valence-electron chi connectivity index (χ4n) is 4.28. The maximum Gasteiger partial charge on any atom is 0.244 e. The molecule has 0 atom stereocenters. The van der Waals surface area contributed by atoms with E-state index in [0.29, 0.717) is 56.1 Å². The zero-order chi connectivity index (χ0) is 23.4. The highest BCUT2D eigenvalue weighted by molar-refractivity contribution is 7.89. The summed E-state index contributed by atoms with van der Waals surface area (Å²) in [7, 11) is -3.55. The summed E-state index contributed by atoms with van der Waals surface area (Å²) in [5, 5.41) is 2.81. The molecule has 176 valence electrons. The van der Waals surface area contributed by atoms with Gasteiger partial charge < -0.3 is 15.0 Å². The molecule has 1 saturated heterocycles. The number of amides is 2. The molecule has 33 heavy (non-hydrogen) atoms. The Labute approximate surface area is 194 Å². The SMILES string of the molecule is CCOc1ccc(NC(=O)CN2C(=O)CCCc3cc(S(=O)(=O)N4CCCC4)ccc32)cc1. The highest BCUT2D eigenvalue weighted by Gasteiger charge is 2.30. The van der Waals surface area contributed by atoms with Gasteiger partial charge in [0.2, 0.25) is 21.8 Å². The molecule has 1 fully saturated rings. The van der Waals surface area contributed by atoms with Gasteiger partial charge in [0, 0.05) is 30.9 Å². The van der Waals surface area contributed by atoms with Crippen molar-refractivity contribution in [2.24, 2.45) is 0 Å². The second-order valence-corrected chi connectivity index (χ2v) is 10.2. The first-order chi connectivity index (χ1) is 15.9. The van der Waals surface area contributed by atoms with E-state index in [1.807, 2.05) is 6.92 Å². The molecular weight excluding hydrogens is 442 g/mol. The van der Waals surface area contributed by atoms with E-state index in [2.05, 4.69) is 5.32 Å². The van der Waals surface area contributed by atoms with Gasteiger partial charge in [0.15, 0.2) is 0 Å². The van der Waals surface area contributed by atoms with E-state index in [9.17, 15) is 18.0 Å². The van der Waals surface area contributed by atoms with Crippen molar-refractivity contribution in [3.05, 3.63) is 48.0 Å². The Hall–Kier alpha value is -2.91. The van der Waals surface area contributed by atoms with Crippen LogP contribution in [0.3, 0.4) is 0 Å². The summed E-state index contributed by atoms with van der Waals surface area (Å²) >= 11 is 0. The smallest absolute Gasteiger partial charge is 0.244 e. The second-order valence-electron chi connectivity index (χ2n) is 8.24. The van der Waals surface area contributed by atoms with Crippen LogP contribution in [0.1, 0.15) is 38.2 Å². The van der Waals surface area contributed by atoms with Crippen molar-refractivity contribution in [3.63, 3.8) is 0 Å². The molecule has 9 heteroatoms. The Morgan fingerprint density at radius 3 is 2.45 bits per heavy atom. The van der Waals surface area contributed by atoms with Gasteiger partial charge in [-0.05, 0) is 80.6 Å². The minimum atomic E-state index is -3.55. The monoisotopic (exact) mass is 471 g/mol. The number of carbonyl (C=O) groups is 2. The van der Waals surface area contributed by atoms with Gasteiger partial charge in [-0.2, -0.15) is 4.31 Å². The van der Waals surface area contributed by atoms with Gasteiger partial charge in [0.1, 0.15) is 12.3 Å². The molecule has 0 saturated carbocycles. The number of nitrogens with zero attached hydrogens (tertiary/aromatic N) is 2. The number of aryl methyl sites for hydroxylation is 1. The molecule has 4 rings (SSSR count). The summed E-state index contributed by atoms with van der Waals surface area (Å²) in [4.78, 5) is 27.2. The van der Waals surface area contributed by atoms with E-state index >= 15 is 0 Å². The molecule has 0 aromatic heterocycles. The molecule has 2 aliphatic heterocycles. The summed E-state index contributed by atoms with van der Waals surface area (Å²) in [6.45, 7) is 3.39. The second kappa shape index (κ2) is 9.93. The minimum Gasteiger partial charge on any atom is -0.494 e. The van der Waals surface area contributed by atoms with Gasteiger partial charge in [0.05, 0.1) is 11.5 Å². The van der Waals surface area contributed by atoms with Crippen LogP contribution in [0.5, 0.6) is 5.75 Å². The quantitative estimate of drug-likeness (QED) is 0.669. The van der Waals surface area contributed by atoms with Crippen molar-refractivity contribution in [1.82, 2.24) is 4.31 Å². The molecule has 0 spiro atoms. The molecular formula is C24H29N3O5S. The number of fused-ring (bicyclic) bond motifs is 1. The van der Waals surface area contributed by atoms with Crippen LogP contribution in [-0.2, 0) is 26.0 Å². The van der Waals surface area contributed by atoms with Crippen molar-refractivity contribution >= 4 is 33.2 Å². The molecule has 1 N–H and O–H groups in total. The fourth-order valence-corrected chi connectivity index (χ4v) is 5.85. The highest BCUT2D eigenvalue weighted by Crippen LogP contribution is 2.31. The van der Waals surface area contributed by atoms with Gasteiger partial charge in [0.25, 0.3) is 0 Å². The van der Waals surface area contributed by atoms with E-state index in [1.54, 1.807) is 42.5 Å². The predicted octanol–water partition coefficient (Wildman–Crippen LogP) is 3.18. The van der Waals surface area contributed by atoms with E-state index in [1.165, 1.54) is 9.21 Å². The largest absolute Gasteiger partial charge is 0.494 e. The molecule has 2 aromatic rings. The molecule has 0 bridgehead atoms. The van der Waals surface area contributed by atoms with Crippen molar-refractivity contribution in [2.45, 2.75) is 43.9 Å². The van der Waals surface area contributed by atoms with Crippen molar-refractivity contribution in [1.29, 1.82) is 0 Å². The zero-order valence-electron chi connectivity index (χ0n) is 18.7. The average molecular weight is 472 g/mol. The first kappa shape index (κ1) is 23.3. The van der Waals surface area contributed by atoms with Gasteiger partial charge in [-0.15, -0.1) is 0 Å². The lowest BCUT2D eigenvalue weighted by atomic mass is 10.1. The predicted molar refractivity (Wildman–Crippen MR) is 126 cm³/mol. The van der Waals surface area contributed by atoms with Crippen molar-refractivity contribution in [2.75, 3.05) is 36.5 Å². The third-order valence-corrected chi connectivity index (χ3v) is 7.83. The van der Waals surface area contributed by atoms with E-state index in [4.69, 9.17) is 4.74 Å². The number of carbonyl (C=O) groups excluding carboxylic acids is 2. The number of benzene rings is 2. The molecule has 0 aliphatic carbocycles. The maximum absolute atomic E-state index is 13.0. The number of hydrogen-bond donors (Lipinski definition) is 1. The van der Waals surface area contributed by atoms with Crippen LogP contribution in [0.25, 0.3) is 0 Å².